The molecule has 0 bridgehead atoms. The second kappa shape index (κ2) is 22.9. The van der Waals surface area contributed by atoms with Gasteiger partial charge in [0.25, 0.3) is 0 Å². The molecule has 0 saturated heterocycles. The van der Waals surface area contributed by atoms with Gasteiger partial charge in [-0.15, -0.1) is 0 Å². The highest BCUT2D eigenvalue weighted by Gasteiger charge is 2.16. The molecule has 1 unspecified atom stereocenters. The third-order valence-corrected chi connectivity index (χ3v) is 7.92. The lowest BCUT2D eigenvalue weighted by atomic mass is 10.0. The van der Waals surface area contributed by atoms with Crippen LogP contribution in [-0.2, 0) is 30.9 Å². The molecule has 5 nitrogen and oxygen atoms in total. The van der Waals surface area contributed by atoms with E-state index in [-0.39, 0.29) is 6.61 Å². The molecule has 0 amide bonds. The molecule has 2 N–H and O–H groups in total. The molecule has 0 radical (unpaired) electrons. The fraction of sp³-hybridized carbons (Fsp3) is 0.415. The van der Waals surface area contributed by atoms with E-state index in [0.717, 1.165) is 76.0 Å². The Morgan fingerprint density at radius 3 is 1.89 bits per heavy atom. The smallest absolute Gasteiger partial charge is 0.125 e. The standard InChI is InChI=1S/C39H49NO4.C2H6/c41-31-37-28-36(23-24-39(37)44-32-35-21-10-5-11-22-35)38(42)30-40(29-34-19-8-4-9-20-34)25-13-1-2-14-26-43-27-15-12-18-33-16-6-3-7-17-33;1-2/h3-11,16-17,19-24,28,38,41-42H,1-2,12-15,18,25-27,29-32H2;1-2H3. The van der Waals surface area contributed by atoms with Crippen molar-refractivity contribution >= 4 is 0 Å². The number of benzene rings is 4. The molecule has 0 aromatic heterocycles. The summed E-state index contributed by atoms with van der Waals surface area (Å²) in [6.45, 7) is 8.18. The summed E-state index contributed by atoms with van der Waals surface area (Å²) in [5.74, 6) is 0.643. The van der Waals surface area contributed by atoms with Gasteiger partial charge in [0.15, 0.2) is 0 Å². The van der Waals surface area contributed by atoms with Crippen molar-refractivity contribution in [1.29, 1.82) is 0 Å². The Labute approximate surface area is 277 Å². The summed E-state index contributed by atoms with van der Waals surface area (Å²) in [5, 5.41) is 21.3. The highest BCUT2D eigenvalue weighted by atomic mass is 16.5. The molecule has 0 spiro atoms. The van der Waals surface area contributed by atoms with Gasteiger partial charge >= 0.3 is 0 Å². The van der Waals surface area contributed by atoms with E-state index in [2.05, 4.69) is 59.5 Å². The second-order valence-electron chi connectivity index (χ2n) is 11.5. The van der Waals surface area contributed by atoms with Crippen LogP contribution >= 0.6 is 0 Å². The summed E-state index contributed by atoms with van der Waals surface area (Å²) in [6.07, 6.45) is 7.18. The largest absolute Gasteiger partial charge is 0.489 e. The lowest BCUT2D eigenvalue weighted by Gasteiger charge is -2.26. The minimum absolute atomic E-state index is 0.143. The molecule has 46 heavy (non-hydrogen) atoms. The molecule has 0 aliphatic heterocycles. The van der Waals surface area contributed by atoms with Gasteiger partial charge in [-0.2, -0.15) is 0 Å². The molecular formula is C41H55NO4. The first-order valence-electron chi connectivity index (χ1n) is 17.2. The third kappa shape index (κ3) is 14.3. The number of rotatable bonds is 21. The van der Waals surface area contributed by atoms with Gasteiger partial charge in [-0.3, -0.25) is 4.90 Å². The zero-order valence-corrected chi connectivity index (χ0v) is 28.0. The van der Waals surface area contributed by atoms with E-state index in [1.165, 1.54) is 17.5 Å². The Hall–Kier alpha value is -3.48. The number of aliphatic hydroxyl groups excluding tert-OH is 2. The van der Waals surface area contributed by atoms with Crippen LogP contribution in [0.5, 0.6) is 5.75 Å². The summed E-state index contributed by atoms with van der Waals surface area (Å²) in [5.41, 5.74) is 5.18. The van der Waals surface area contributed by atoms with Gasteiger partial charge in [0, 0.05) is 31.9 Å². The second-order valence-corrected chi connectivity index (χ2v) is 11.5. The fourth-order valence-electron chi connectivity index (χ4n) is 5.41. The number of ether oxygens (including phenoxy) is 2. The van der Waals surface area contributed by atoms with E-state index in [9.17, 15) is 10.2 Å². The molecule has 0 heterocycles. The van der Waals surface area contributed by atoms with E-state index >= 15 is 0 Å². The van der Waals surface area contributed by atoms with Crippen LogP contribution < -0.4 is 4.74 Å². The monoisotopic (exact) mass is 625 g/mol. The van der Waals surface area contributed by atoms with Crippen molar-refractivity contribution in [2.24, 2.45) is 0 Å². The zero-order chi connectivity index (χ0) is 32.7. The van der Waals surface area contributed by atoms with Gasteiger partial charge in [0.2, 0.25) is 0 Å². The van der Waals surface area contributed by atoms with E-state index in [0.29, 0.717) is 24.5 Å². The quantitative estimate of drug-likeness (QED) is 0.0906. The minimum atomic E-state index is -0.664. The maximum absolute atomic E-state index is 11.2. The van der Waals surface area contributed by atoms with Crippen molar-refractivity contribution in [2.45, 2.75) is 84.7 Å². The molecule has 4 aromatic rings. The average Bonchev–Trinajstić information content (AvgIpc) is 3.11. The minimum Gasteiger partial charge on any atom is -0.489 e. The third-order valence-electron chi connectivity index (χ3n) is 7.92. The first-order chi connectivity index (χ1) is 22.7. The van der Waals surface area contributed by atoms with Gasteiger partial charge in [-0.1, -0.05) is 124 Å². The highest BCUT2D eigenvalue weighted by Crippen LogP contribution is 2.26. The van der Waals surface area contributed by atoms with Gasteiger partial charge in [0.05, 0.1) is 12.7 Å². The van der Waals surface area contributed by atoms with Crippen molar-refractivity contribution in [3.8, 4) is 5.75 Å². The van der Waals surface area contributed by atoms with Crippen molar-refractivity contribution < 1.29 is 19.7 Å². The Balaban J connectivity index is 0.00000282. The van der Waals surface area contributed by atoms with Gasteiger partial charge in [0.1, 0.15) is 12.4 Å². The molecule has 248 valence electrons. The SMILES string of the molecule is CC.OCc1cc(C(O)CN(CCCCCCOCCCCc2ccccc2)Cc2ccccc2)ccc1OCc1ccccc1. The predicted molar refractivity (Wildman–Crippen MR) is 190 cm³/mol. The Morgan fingerprint density at radius 1 is 0.652 bits per heavy atom. The summed E-state index contributed by atoms with van der Waals surface area (Å²) in [4.78, 5) is 2.33. The number of aliphatic hydroxyl groups is 2. The first kappa shape index (κ1) is 37.0. The molecule has 0 aliphatic carbocycles. The Kier molecular flexibility index (Phi) is 18.4. The van der Waals surface area contributed by atoms with Crippen molar-refractivity contribution in [1.82, 2.24) is 4.90 Å². The van der Waals surface area contributed by atoms with E-state index in [1.807, 2.05) is 68.4 Å². The number of nitrogens with zero attached hydrogens (tertiary/aromatic N) is 1. The van der Waals surface area contributed by atoms with Crippen LogP contribution in [0.1, 0.15) is 86.3 Å². The Morgan fingerprint density at radius 2 is 1.24 bits per heavy atom. The van der Waals surface area contributed by atoms with Crippen LogP contribution in [0, 0.1) is 0 Å². The number of aryl methyl sites for hydroxylation is 1. The van der Waals surface area contributed by atoms with Gasteiger partial charge < -0.3 is 19.7 Å². The zero-order valence-electron chi connectivity index (χ0n) is 28.0. The average molecular weight is 626 g/mol. The number of hydrogen-bond donors (Lipinski definition) is 2. The number of unbranched alkanes of at least 4 members (excludes halogenated alkanes) is 4. The summed E-state index contributed by atoms with van der Waals surface area (Å²) in [7, 11) is 0. The lowest BCUT2D eigenvalue weighted by Crippen LogP contribution is -2.29. The summed E-state index contributed by atoms with van der Waals surface area (Å²) < 4.78 is 11.9. The maximum atomic E-state index is 11.2. The molecule has 4 rings (SSSR count). The van der Waals surface area contributed by atoms with Gasteiger partial charge in [-0.05, 0) is 73.0 Å². The van der Waals surface area contributed by atoms with Crippen LogP contribution in [0.25, 0.3) is 0 Å². The molecule has 0 fully saturated rings. The predicted octanol–water partition coefficient (Wildman–Crippen LogP) is 8.92. The number of hydrogen-bond acceptors (Lipinski definition) is 5. The first-order valence-corrected chi connectivity index (χ1v) is 17.2. The molecular weight excluding hydrogens is 570 g/mol. The summed E-state index contributed by atoms with van der Waals surface area (Å²) in [6, 6.07) is 36.7. The van der Waals surface area contributed by atoms with Crippen LogP contribution in [0.2, 0.25) is 0 Å². The van der Waals surface area contributed by atoms with E-state index < -0.39 is 6.10 Å². The highest BCUT2D eigenvalue weighted by molar-refractivity contribution is 5.38. The van der Waals surface area contributed by atoms with Crippen LogP contribution in [0.4, 0.5) is 0 Å². The molecule has 4 aromatic carbocycles. The maximum Gasteiger partial charge on any atom is 0.125 e. The van der Waals surface area contributed by atoms with Crippen LogP contribution in [-0.4, -0.2) is 41.4 Å². The molecule has 5 heteroatoms. The van der Waals surface area contributed by atoms with E-state index in [1.54, 1.807) is 0 Å². The van der Waals surface area contributed by atoms with Crippen molar-refractivity contribution in [3.05, 3.63) is 137 Å². The van der Waals surface area contributed by atoms with Crippen LogP contribution in [0.15, 0.2) is 109 Å². The molecule has 0 saturated carbocycles. The van der Waals surface area contributed by atoms with Crippen molar-refractivity contribution in [3.63, 3.8) is 0 Å². The Bertz CT molecular complexity index is 1300. The topological polar surface area (TPSA) is 62.2 Å². The normalized spacial score (nSPS) is 11.6. The fourth-order valence-corrected chi connectivity index (χ4v) is 5.41. The van der Waals surface area contributed by atoms with Crippen molar-refractivity contribution in [2.75, 3.05) is 26.3 Å². The lowest BCUT2D eigenvalue weighted by molar-refractivity contribution is 0.106. The molecule has 0 aliphatic rings. The van der Waals surface area contributed by atoms with E-state index in [4.69, 9.17) is 9.47 Å². The van der Waals surface area contributed by atoms with Crippen LogP contribution in [0.3, 0.4) is 0 Å². The molecule has 1 atom stereocenters. The summed E-state index contributed by atoms with van der Waals surface area (Å²) >= 11 is 0. The van der Waals surface area contributed by atoms with Gasteiger partial charge in [-0.25, -0.2) is 0 Å².